The van der Waals surface area contributed by atoms with E-state index in [0.717, 1.165) is 61.9 Å². The molecule has 3 rings (SSSR count). The SMILES string of the molecule is Cc1cccc(C)c1N(CCCCCc1ccncc1)C(=O)CCCc1cccnc1. The van der Waals surface area contributed by atoms with Crippen molar-refractivity contribution in [1.29, 1.82) is 0 Å². The van der Waals surface area contributed by atoms with Crippen molar-refractivity contribution in [2.24, 2.45) is 0 Å². The number of rotatable bonds is 11. The summed E-state index contributed by atoms with van der Waals surface area (Å²) >= 11 is 0. The lowest BCUT2D eigenvalue weighted by Crippen LogP contribution is -2.33. The first-order valence-corrected chi connectivity index (χ1v) is 11.3. The normalized spacial score (nSPS) is 10.8. The fourth-order valence-electron chi connectivity index (χ4n) is 4.04. The van der Waals surface area contributed by atoms with E-state index < -0.39 is 0 Å². The van der Waals surface area contributed by atoms with Gasteiger partial charge in [-0.05, 0) is 86.4 Å². The number of amides is 1. The topological polar surface area (TPSA) is 46.1 Å². The van der Waals surface area contributed by atoms with Crippen LogP contribution in [0.3, 0.4) is 0 Å². The van der Waals surface area contributed by atoms with E-state index in [2.05, 4.69) is 60.2 Å². The maximum Gasteiger partial charge on any atom is 0.227 e. The molecule has 0 N–H and O–H groups in total. The van der Waals surface area contributed by atoms with E-state index in [1.165, 1.54) is 11.1 Å². The van der Waals surface area contributed by atoms with Crippen LogP contribution in [0.25, 0.3) is 0 Å². The second-order valence-corrected chi connectivity index (χ2v) is 8.17. The molecule has 3 aromatic rings. The van der Waals surface area contributed by atoms with Gasteiger partial charge in [-0.2, -0.15) is 0 Å². The maximum absolute atomic E-state index is 13.2. The van der Waals surface area contributed by atoms with Crippen LogP contribution in [0.5, 0.6) is 0 Å². The number of aromatic nitrogens is 2. The van der Waals surface area contributed by atoms with E-state index in [0.29, 0.717) is 6.42 Å². The standard InChI is InChI=1S/C27H33N3O/c1-22-9-6-10-23(2)27(22)30(20-5-3-4-11-24-15-18-28-19-16-24)26(31)14-7-12-25-13-8-17-29-21-25/h6,8-10,13,15-19,21H,3-5,7,11-12,14,20H2,1-2H3. The van der Waals surface area contributed by atoms with Crippen LogP contribution in [0.15, 0.2) is 67.3 Å². The lowest BCUT2D eigenvalue weighted by Gasteiger charge is -2.26. The van der Waals surface area contributed by atoms with Crippen molar-refractivity contribution in [2.75, 3.05) is 11.4 Å². The molecule has 0 radical (unpaired) electrons. The fourth-order valence-corrected chi connectivity index (χ4v) is 4.04. The molecule has 4 nitrogen and oxygen atoms in total. The van der Waals surface area contributed by atoms with E-state index in [4.69, 9.17) is 0 Å². The highest BCUT2D eigenvalue weighted by Crippen LogP contribution is 2.26. The summed E-state index contributed by atoms with van der Waals surface area (Å²) in [6, 6.07) is 14.4. The predicted molar refractivity (Wildman–Crippen MR) is 127 cm³/mol. The highest BCUT2D eigenvalue weighted by molar-refractivity contribution is 5.94. The van der Waals surface area contributed by atoms with Crippen molar-refractivity contribution in [3.63, 3.8) is 0 Å². The van der Waals surface area contributed by atoms with Gasteiger partial charge in [0.1, 0.15) is 0 Å². The zero-order valence-electron chi connectivity index (χ0n) is 18.8. The molecular weight excluding hydrogens is 382 g/mol. The van der Waals surface area contributed by atoms with E-state index in [1.807, 2.05) is 29.6 Å². The minimum Gasteiger partial charge on any atom is -0.312 e. The number of anilines is 1. The molecule has 0 atom stereocenters. The summed E-state index contributed by atoms with van der Waals surface area (Å²) in [4.78, 5) is 23.5. The van der Waals surface area contributed by atoms with Crippen molar-refractivity contribution in [3.05, 3.63) is 89.5 Å². The van der Waals surface area contributed by atoms with Crippen molar-refractivity contribution in [2.45, 2.75) is 58.8 Å². The number of unbranched alkanes of at least 4 members (excludes halogenated alkanes) is 2. The highest BCUT2D eigenvalue weighted by atomic mass is 16.2. The Morgan fingerprint density at radius 1 is 0.774 bits per heavy atom. The van der Waals surface area contributed by atoms with Gasteiger partial charge in [0.15, 0.2) is 0 Å². The van der Waals surface area contributed by atoms with Gasteiger partial charge in [-0.3, -0.25) is 14.8 Å². The molecule has 0 saturated heterocycles. The lowest BCUT2D eigenvalue weighted by atomic mass is 10.0. The van der Waals surface area contributed by atoms with Crippen molar-refractivity contribution in [1.82, 2.24) is 9.97 Å². The first kappa shape index (κ1) is 22.7. The van der Waals surface area contributed by atoms with E-state index in [-0.39, 0.29) is 5.91 Å². The Morgan fingerprint density at radius 2 is 1.52 bits per heavy atom. The quantitative estimate of drug-likeness (QED) is 0.368. The van der Waals surface area contributed by atoms with Crippen molar-refractivity contribution < 1.29 is 4.79 Å². The Labute approximate surface area is 186 Å². The van der Waals surface area contributed by atoms with E-state index >= 15 is 0 Å². The summed E-state index contributed by atoms with van der Waals surface area (Å²) in [7, 11) is 0. The molecule has 162 valence electrons. The minimum atomic E-state index is 0.218. The molecule has 0 saturated carbocycles. The molecule has 4 heteroatoms. The minimum absolute atomic E-state index is 0.218. The summed E-state index contributed by atoms with van der Waals surface area (Å²) in [5.41, 5.74) is 5.93. The monoisotopic (exact) mass is 415 g/mol. The third kappa shape index (κ3) is 7.02. The van der Waals surface area contributed by atoms with Crippen LogP contribution in [-0.2, 0) is 17.6 Å². The first-order chi connectivity index (χ1) is 15.1. The third-order valence-corrected chi connectivity index (χ3v) is 5.69. The average Bonchev–Trinajstić information content (AvgIpc) is 2.79. The number of hydrogen-bond acceptors (Lipinski definition) is 3. The Hall–Kier alpha value is -3.01. The van der Waals surface area contributed by atoms with Crippen LogP contribution in [0.2, 0.25) is 0 Å². The lowest BCUT2D eigenvalue weighted by molar-refractivity contribution is -0.118. The van der Waals surface area contributed by atoms with Gasteiger partial charge in [-0.25, -0.2) is 0 Å². The number of hydrogen-bond donors (Lipinski definition) is 0. The largest absolute Gasteiger partial charge is 0.312 e. The second-order valence-electron chi connectivity index (χ2n) is 8.17. The Kier molecular flexibility index (Phi) is 8.77. The molecule has 0 bridgehead atoms. The smallest absolute Gasteiger partial charge is 0.227 e. The van der Waals surface area contributed by atoms with E-state index in [9.17, 15) is 4.79 Å². The van der Waals surface area contributed by atoms with Gasteiger partial charge in [0.2, 0.25) is 5.91 Å². The molecular formula is C27H33N3O. The molecule has 0 unspecified atom stereocenters. The summed E-state index contributed by atoms with van der Waals surface area (Å²) in [6.45, 7) is 4.97. The van der Waals surface area contributed by atoms with Crippen molar-refractivity contribution >= 4 is 11.6 Å². The van der Waals surface area contributed by atoms with Crippen molar-refractivity contribution in [3.8, 4) is 0 Å². The molecule has 0 spiro atoms. The van der Waals surface area contributed by atoms with Crippen LogP contribution >= 0.6 is 0 Å². The van der Waals surface area contributed by atoms with Crippen LogP contribution in [0.4, 0.5) is 5.69 Å². The van der Waals surface area contributed by atoms with Gasteiger partial charge in [0.25, 0.3) is 0 Å². The Bertz CT molecular complexity index is 921. The van der Waals surface area contributed by atoms with E-state index in [1.54, 1.807) is 6.20 Å². The van der Waals surface area contributed by atoms with Gasteiger partial charge < -0.3 is 4.90 Å². The van der Waals surface area contributed by atoms with Gasteiger partial charge in [-0.1, -0.05) is 30.7 Å². The number of aryl methyl sites for hydroxylation is 4. The molecule has 2 aromatic heterocycles. The zero-order valence-corrected chi connectivity index (χ0v) is 18.8. The van der Waals surface area contributed by atoms with Crippen LogP contribution in [-0.4, -0.2) is 22.4 Å². The van der Waals surface area contributed by atoms with Crippen LogP contribution in [0, 0.1) is 13.8 Å². The van der Waals surface area contributed by atoms with Crippen LogP contribution in [0.1, 0.15) is 54.4 Å². The number of benzene rings is 1. The number of nitrogens with zero attached hydrogens (tertiary/aromatic N) is 3. The molecule has 0 fully saturated rings. The molecule has 0 aliphatic heterocycles. The number of carbonyl (C=O) groups is 1. The number of para-hydroxylation sites is 1. The summed E-state index contributed by atoms with van der Waals surface area (Å²) in [6.07, 6.45) is 13.9. The molecule has 0 aliphatic rings. The maximum atomic E-state index is 13.2. The number of carbonyl (C=O) groups excluding carboxylic acids is 1. The zero-order chi connectivity index (χ0) is 21.9. The average molecular weight is 416 g/mol. The Morgan fingerprint density at radius 3 is 2.23 bits per heavy atom. The summed E-state index contributed by atoms with van der Waals surface area (Å²) < 4.78 is 0. The van der Waals surface area contributed by atoms with Crippen LogP contribution < -0.4 is 4.90 Å². The second kappa shape index (κ2) is 12.0. The first-order valence-electron chi connectivity index (χ1n) is 11.3. The predicted octanol–water partition coefficient (Wildman–Crippen LogP) is 5.86. The summed E-state index contributed by atoms with van der Waals surface area (Å²) in [5, 5.41) is 0. The molecule has 1 aromatic carbocycles. The highest BCUT2D eigenvalue weighted by Gasteiger charge is 2.18. The number of pyridine rings is 2. The summed E-state index contributed by atoms with van der Waals surface area (Å²) in [5.74, 6) is 0.218. The molecule has 31 heavy (non-hydrogen) atoms. The fraction of sp³-hybridized carbons (Fsp3) is 0.370. The van der Waals surface area contributed by atoms with Gasteiger partial charge in [-0.15, -0.1) is 0 Å². The molecule has 0 aliphatic carbocycles. The van der Waals surface area contributed by atoms with Gasteiger partial charge in [0.05, 0.1) is 0 Å². The molecule has 1 amide bonds. The van der Waals surface area contributed by atoms with Gasteiger partial charge in [0, 0.05) is 43.4 Å². The third-order valence-electron chi connectivity index (χ3n) is 5.69. The Balaban J connectivity index is 1.57. The van der Waals surface area contributed by atoms with Gasteiger partial charge >= 0.3 is 0 Å². The molecule has 2 heterocycles.